The molecule has 1 heterocycles. The smallest absolute Gasteiger partial charge is 0.193 e. The van der Waals surface area contributed by atoms with Crippen molar-refractivity contribution in [3.8, 4) is 0 Å². The number of fused-ring (bicyclic) bond motifs is 1. The van der Waals surface area contributed by atoms with Gasteiger partial charge >= 0.3 is 0 Å². The molecule has 0 spiro atoms. The van der Waals surface area contributed by atoms with Gasteiger partial charge in [0.05, 0.1) is 12.6 Å². The molecule has 0 saturated carbocycles. The van der Waals surface area contributed by atoms with Crippen molar-refractivity contribution in [3.05, 3.63) is 64.7 Å². The van der Waals surface area contributed by atoms with Gasteiger partial charge in [0.2, 0.25) is 0 Å². The summed E-state index contributed by atoms with van der Waals surface area (Å²) in [6, 6.07) is 14.8. The fourth-order valence-electron chi connectivity index (χ4n) is 4.07. The minimum absolute atomic E-state index is 0.192. The number of nitrogens with one attached hydrogen (secondary N) is 1. The van der Waals surface area contributed by atoms with Crippen molar-refractivity contribution in [2.45, 2.75) is 44.9 Å². The van der Waals surface area contributed by atoms with E-state index in [-0.39, 0.29) is 6.10 Å². The molecule has 0 radical (unpaired) electrons. The number of aliphatic imine (C=N–C) groups is 1. The number of guanidine groups is 1. The lowest BCUT2D eigenvalue weighted by Gasteiger charge is -2.17. The summed E-state index contributed by atoms with van der Waals surface area (Å²) >= 11 is 0. The standard InChI is InChI=1S/C22H28N4O/c23-22(25-20-9-8-16-6-3-7-17(16)12-20)24-13-18-4-1-2-5-19(18)14-26-11-10-21(27)15-26/h1-2,4-5,8-9,12,21,27H,3,6-7,10-11,13-15H2,(H3,23,24,25). The van der Waals surface area contributed by atoms with Gasteiger partial charge in [-0.3, -0.25) is 4.90 Å². The Morgan fingerprint density at radius 3 is 2.78 bits per heavy atom. The predicted octanol–water partition coefficient (Wildman–Crippen LogP) is 2.67. The van der Waals surface area contributed by atoms with Crippen LogP contribution in [0.4, 0.5) is 5.69 Å². The third kappa shape index (κ3) is 4.49. The van der Waals surface area contributed by atoms with Crippen molar-refractivity contribution in [2.24, 2.45) is 10.7 Å². The van der Waals surface area contributed by atoms with E-state index in [1.165, 1.54) is 35.1 Å². The minimum atomic E-state index is -0.192. The number of benzene rings is 2. The van der Waals surface area contributed by atoms with Crippen LogP contribution in [-0.2, 0) is 25.9 Å². The fraction of sp³-hybridized carbons (Fsp3) is 0.409. The molecule has 0 aromatic heterocycles. The quantitative estimate of drug-likeness (QED) is 0.563. The van der Waals surface area contributed by atoms with Gasteiger partial charge in [0.15, 0.2) is 5.96 Å². The van der Waals surface area contributed by atoms with Gasteiger partial charge in [0.1, 0.15) is 0 Å². The zero-order chi connectivity index (χ0) is 18.6. The normalized spacial score (nSPS) is 20.0. The molecule has 4 N–H and O–H groups in total. The highest BCUT2D eigenvalue weighted by molar-refractivity contribution is 5.92. The Bertz CT molecular complexity index is 833. The Hall–Kier alpha value is -2.37. The molecule has 1 atom stereocenters. The molecule has 1 unspecified atom stereocenters. The Morgan fingerprint density at radius 1 is 1.15 bits per heavy atom. The molecule has 1 saturated heterocycles. The van der Waals surface area contributed by atoms with Crippen molar-refractivity contribution in [1.29, 1.82) is 0 Å². The molecule has 5 heteroatoms. The maximum atomic E-state index is 9.73. The zero-order valence-corrected chi connectivity index (χ0v) is 15.7. The van der Waals surface area contributed by atoms with Crippen LogP contribution < -0.4 is 11.1 Å². The average Bonchev–Trinajstić information content (AvgIpc) is 3.29. The van der Waals surface area contributed by atoms with Gasteiger partial charge in [-0.05, 0) is 60.1 Å². The summed E-state index contributed by atoms with van der Waals surface area (Å²) in [6.45, 7) is 3.09. The predicted molar refractivity (Wildman–Crippen MR) is 110 cm³/mol. The second-order valence-corrected chi connectivity index (χ2v) is 7.61. The number of nitrogens with two attached hydrogens (primary N) is 1. The van der Waals surface area contributed by atoms with E-state index in [1.54, 1.807) is 0 Å². The summed E-state index contributed by atoms with van der Waals surface area (Å²) in [5, 5.41) is 13.0. The van der Waals surface area contributed by atoms with Crippen LogP contribution in [-0.4, -0.2) is 35.2 Å². The van der Waals surface area contributed by atoms with E-state index in [1.807, 2.05) is 6.07 Å². The summed E-state index contributed by atoms with van der Waals surface area (Å²) < 4.78 is 0. The number of aliphatic hydroxyl groups is 1. The molecule has 2 aromatic rings. The van der Waals surface area contributed by atoms with Crippen LogP contribution in [0.2, 0.25) is 0 Å². The molecule has 1 aliphatic carbocycles. The number of hydrogen-bond donors (Lipinski definition) is 3. The van der Waals surface area contributed by atoms with Gasteiger partial charge in [-0.25, -0.2) is 4.99 Å². The Morgan fingerprint density at radius 2 is 1.96 bits per heavy atom. The van der Waals surface area contributed by atoms with Crippen LogP contribution in [0.25, 0.3) is 0 Å². The molecule has 5 nitrogen and oxygen atoms in total. The number of aliphatic hydroxyl groups excluding tert-OH is 1. The summed E-state index contributed by atoms with van der Waals surface area (Å²) in [4.78, 5) is 6.84. The van der Waals surface area contributed by atoms with Crippen molar-refractivity contribution >= 4 is 11.6 Å². The molecule has 27 heavy (non-hydrogen) atoms. The first-order valence-electron chi connectivity index (χ1n) is 9.83. The molecule has 1 aliphatic heterocycles. The van der Waals surface area contributed by atoms with E-state index >= 15 is 0 Å². The minimum Gasteiger partial charge on any atom is -0.392 e. The van der Waals surface area contributed by atoms with E-state index in [4.69, 9.17) is 5.73 Å². The Kier molecular flexibility index (Phi) is 5.41. The van der Waals surface area contributed by atoms with Crippen LogP contribution in [0.15, 0.2) is 47.5 Å². The maximum absolute atomic E-state index is 9.73. The Balaban J connectivity index is 1.40. The molecular weight excluding hydrogens is 336 g/mol. The SMILES string of the molecule is NC(=NCc1ccccc1CN1CCC(O)C1)Nc1ccc2c(c1)CCC2. The third-order valence-electron chi connectivity index (χ3n) is 5.55. The van der Waals surface area contributed by atoms with Crippen molar-refractivity contribution < 1.29 is 5.11 Å². The largest absolute Gasteiger partial charge is 0.392 e. The zero-order valence-electron chi connectivity index (χ0n) is 15.7. The van der Waals surface area contributed by atoms with E-state index < -0.39 is 0 Å². The second-order valence-electron chi connectivity index (χ2n) is 7.61. The lowest BCUT2D eigenvalue weighted by Crippen LogP contribution is -2.23. The van der Waals surface area contributed by atoms with Gasteiger partial charge < -0.3 is 16.2 Å². The van der Waals surface area contributed by atoms with E-state index in [9.17, 15) is 5.11 Å². The van der Waals surface area contributed by atoms with Gasteiger partial charge in [0, 0.05) is 25.3 Å². The maximum Gasteiger partial charge on any atom is 0.193 e. The Labute approximate surface area is 160 Å². The molecule has 142 valence electrons. The van der Waals surface area contributed by atoms with E-state index in [0.717, 1.165) is 38.2 Å². The molecule has 1 fully saturated rings. The number of aryl methyl sites for hydroxylation is 2. The first-order valence-corrected chi connectivity index (χ1v) is 9.83. The summed E-state index contributed by atoms with van der Waals surface area (Å²) in [5.41, 5.74) is 12.4. The highest BCUT2D eigenvalue weighted by Crippen LogP contribution is 2.24. The van der Waals surface area contributed by atoms with Crippen LogP contribution in [0.3, 0.4) is 0 Å². The highest BCUT2D eigenvalue weighted by Gasteiger charge is 2.20. The van der Waals surface area contributed by atoms with Gasteiger partial charge in [-0.1, -0.05) is 30.3 Å². The van der Waals surface area contributed by atoms with Gasteiger partial charge in [-0.15, -0.1) is 0 Å². The first-order chi connectivity index (χ1) is 13.2. The van der Waals surface area contributed by atoms with Crippen molar-refractivity contribution in [2.75, 3.05) is 18.4 Å². The van der Waals surface area contributed by atoms with Crippen LogP contribution in [0.1, 0.15) is 35.1 Å². The number of rotatable bonds is 5. The van der Waals surface area contributed by atoms with E-state index in [0.29, 0.717) is 12.5 Å². The lowest BCUT2D eigenvalue weighted by atomic mass is 10.1. The summed E-state index contributed by atoms with van der Waals surface area (Å²) in [5.74, 6) is 0.444. The van der Waals surface area contributed by atoms with E-state index in [2.05, 4.69) is 51.6 Å². The van der Waals surface area contributed by atoms with Crippen LogP contribution in [0.5, 0.6) is 0 Å². The summed E-state index contributed by atoms with van der Waals surface area (Å²) in [7, 11) is 0. The molecule has 2 aliphatic rings. The summed E-state index contributed by atoms with van der Waals surface area (Å²) in [6.07, 6.45) is 4.25. The number of β-amino-alcohol motifs (C(OH)–C–C–N with tert-alkyl or cyclic N) is 1. The van der Waals surface area contributed by atoms with Gasteiger partial charge in [-0.2, -0.15) is 0 Å². The van der Waals surface area contributed by atoms with Gasteiger partial charge in [0.25, 0.3) is 0 Å². The molecule has 2 aromatic carbocycles. The average molecular weight is 364 g/mol. The molecule has 0 bridgehead atoms. The van der Waals surface area contributed by atoms with Crippen LogP contribution >= 0.6 is 0 Å². The number of hydrogen-bond acceptors (Lipinski definition) is 3. The number of nitrogens with zero attached hydrogens (tertiary/aromatic N) is 2. The lowest BCUT2D eigenvalue weighted by molar-refractivity contribution is 0.174. The van der Waals surface area contributed by atoms with Crippen molar-refractivity contribution in [1.82, 2.24) is 4.90 Å². The molecule has 0 amide bonds. The fourth-order valence-corrected chi connectivity index (χ4v) is 4.07. The number of likely N-dealkylation sites (tertiary alicyclic amines) is 1. The first kappa shape index (κ1) is 18.0. The monoisotopic (exact) mass is 364 g/mol. The topological polar surface area (TPSA) is 73.9 Å². The highest BCUT2D eigenvalue weighted by atomic mass is 16.3. The van der Waals surface area contributed by atoms with Crippen LogP contribution in [0, 0.1) is 0 Å². The second kappa shape index (κ2) is 8.11. The third-order valence-corrected chi connectivity index (χ3v) is 5.55. The molecular formula is C22H28N4O. The van der Waals surface area contributed by atoms with Crippen molar-refractivity contribution in [3.63, 3.8) is 0 Å². The molecule has 4 rings (SSSR count). The number of anilines is 1.